The molecule has 0 atom stereocenters. The number of amides is 3. The van der Waals surface area contributed by atoms with Crippen LogP contribution in [0.15, 0.2) is 23.1 Å². The molecule has 0 spiro atoms. The zero-order valence-electron chi connectivity index (χ0n) is 11.0. The highest BCUT2D eigenvalue weighted by atomic mass is 35.5. The standard InChI is InChI=1S/C13H16Cl2N2O2S/c1-2-3-6-16-13(19)17-12(18)8-20-11-7-9(14)4-5-10(11)15/h4-5,7H,2-3,6,8H2,1H3,(H2,16,17,18,19). The number of unbranched alkanes of at least 4 members (excludes halogenated alkanes) is 1. The first kappa shape index (κ1) is 17.1. The summed E-state index contributed by atoms with van der Waals surface area (Å²) in [5.41, 5.74) is 0. The summed E-state index contributed by atoms with van der Waals surface area (Å²) in [5.74, 6) is -0.276. The summed E-state index contributed by atoms with van der Waals surface area (Å²) in [4.78, 5) is 23.7. The number of benzene rings is 1. The summed E-state index contributed by atoms with van der Waals surface area (Å²) >= 11 is 13.1. The van der Waals surface area contributed by atoms with Gasteiger partial charge in [0.1, 0.15) is 0 Å². The van der Waals surface area contributed by atoms with E-state index in [1.807, 2.05) is 6.92 Å². The van der Waals surface area contributed by atoms with Gasteiger partial charge >= 0.3 is 6.03 Å². The average Bonchev–Trinajstić information content (AvgIpc) is 2.40. The average molecular weight is 335 g/mol. The molecule has 0 unspecified atom stereocenters. The van der Waals surface area contributed by atoms with Crippen LogP contribution in [0.5, 0.6) is 0 Å². The third-order valence-electron chi connectivity index (χ3n) is 2.32. The number of carbonyl (C=O) groups is 2. The predicted molar refractivity (Wildman–Crippen MR) is 83.6 cm³/mol. The van der Waals surface area contributed by atoms with E-state index in [0.29, 0.717) is 21.5 Å². The topological polar surface area (TPSA) is 58.2 Å². The Morgan fingerprint density at radius 2 is 2.05 bits per heavy atom. The van der Waals surface area contributed by atoms with Crippen molar-refractivity contribution in [1.29, 1.82) is 0 Å². The molecule has 0 aliphatic heterocycles. The number of imide groups is 1. The van der Waals surface area contributed by atoms with Crippen molar-refractivity contribution in [3.63, 3.8) is 0 Å². The molecule has 110 valence electrons. The van der Waals surface area contributed by atoms with Crippen LogP contribution in [0.3, 0.4) is 0 Å². The van der Waals surface area contributed by atoms with Crippen LogP contribution < -0.4 is 10.6 Å². The second-order valence-corrected chi connectivity index (χ2v) is 5.88. The molecule has 1 aromatic rings. The fourth-order valence-corrected chi connectivity index (χ4v) is 2.61. The molecule has 0 saturated heterocycles. The van der Waals surface area contributed by atoms with Gasteiger partial charge in [-0.05, 0) is 24.6 Å². The predicted octanol–water partition coefficient (Wildman–Crippen LogP) is 3.71. The minimum atomic E-state index is -0.471. The van der Waals surface area contributed by atoms with Crippen molar-refractivity contribution >= 4 is 46.9 Å². The van der Waals surface area contributed by atoms with Gasteiger partial charge in [-0.3, -0.25) is 10.1 Å². The lowest BCUT2D eigenvalue weighted by atomic mass is 10.3. The van der Waals surface area contributed by atoms with E-state index in [1.54, 1.807) is 18.2 Å². The van der Waals surface area contributed by atoms with Crippen molar-refractivity contribution in [3.05, 3.63) is 28.2 Å². The maximum Gasteiger partial charge on any atom is 0.321 e. The summed E-state index contributed by atoms with van der Waals surface area (Å²) < 4.78 is 0. The van der Waals surface area contributed by atoms with E-state index in [-0.39, 0.29) is 11.7 Å². The van der Waals surface area contributed by atoms with Crippen LogP contribution in [-0.4, -0.2) is 24.2 Å². The maximum absolute atomic E-state index is 11.6. The van der Waals surface area contributed by atoms with Crippen LogP contribution in [-0.2, 0) is 4.79 Å². The Bertz CT molecular complexity index is 483. The molecule has 0 aliphatic carbocycles. The van der Waals surface area contributed by atoms with E-state index in [4.69, 9.17) is 23.2 Å². The first-order valence-electron chi connectivity index (χ1n) is 6.18. The first-order chi connectivity index (χ1) is 9.52. The number of urea groups is 1. The molecule has 0 bridgehead atoms. The van der Waals surface area contributed by atoms with Gasteiger partial charge < -0.3 is 5.32 Å². The van der Waals surface area contributed by atoms with Crippen LogP contribution >= 0.6 is 35.0 Å². The van der Waals surface area contributed by atoms with Crippen molar-refractivity contribution in [2.45, 2.75) is 24.7 Å². The molecule has 7 heteroatoms. The fourth-order valence-electron chi connectivity index (χ4n) is 1.32. The van der Waals surface area contributed by atoms with Gasteiger partial charge in [0, 0.05) is 16.5 Å². The van der Waals surface area contributed by atoms with Crippen molar-refractivity contribution < 1.29 is 9.59 Å². The lowest BCUT2D eigenvalue weighted by Crippen LogP contribution is -2.40. The van der Waals surface area contributed by atoms with Gasteiger partial charge in [-0.2, -0.15) is 0 Å². The molecular weight excluding hydrogens is 319 g/mol. The van der Waals surface area contributed by atoms with Gasteiger partial charge in [0.2, 0.25) is 5.91 Å². The number of hydrogen-bond donors (Lipinski definition) is 2. The smallest absolute Gasteiger partial charge is 0.321 e. The minimum absolute atomic E-state index is 0.0985. The number of thioether (sulfide) groups is 1. The van der Waals surface area contributed by atoms with Gasteiger partial charge in [-0.1, -0.05) is 36.5 Å². The van der Waals surface area contributed by atoms with Gasteiger partial charge in [0.25, 0.3) is 0 Å². The fraction of sp³-hybridized carbons (Fsp3) is 0.385. The Kier molecular flexibility index (Phi) is 7.80. The second-order valence-electron chi connectivity index (χ2n) is 4.02. The lowest BCUT2D eigenvalue weighted by molar-refractivity contribution is -0.117. The Morgan fingerprint density at radius 3 is 2.75 bits per heavy atom. The molecule has 1 rings (SSSR count). The molecule has 0 radical (unpaired) electrons. The zero-order valence-corrected chi connectivity index (χ0v) is 13.4. The molecule has 0 heterocycles. The summed E-state index contributed by atoms with van der Waals surface area (Å²) in [6, 6.07) is 4.56. The van der Waals surface area contributed by atoms with E-state index < -0.39 is 6.03 Å². The van der Waals surface area contributed by atoms with Gasteiger partial charge in [0.15, 0.2) is 0 Å². The number of carbonyl (C=O) groups excluding carboxylic acids is 2. The zero-order chi connectivity index (χ0) is 15.0. The largest absolute Gasteiger partial charge is 0.338 e. The summed E-state index contributed by atoms with van der Waals surface area (Å²) in [7, 11) is 0. The van der Waals surface area contributed by atoms with E-state index in [1.165, 1.54) is 11.8 Å². The Morgan fingerprint density at radius 1 is 1.30 bits per heavy atom. The van der Waals surface area contributed by atoms with Gasteiger partial charge in [0.05, 0.1) is 10.8 Å². The monoisotopic (exact) mass is 334 g/mol. The third kappa shape index (κ3) is 6.50. The molecular formula is C13H16Cl2N2O2S. The van der Waals surface area contributed by atoms with Gasteiger partial charge in [-0.15, -0.1) is 11.8 Å². The third-order valence-corrected chi connectivity index (χ3v) is 4.05. The minimum Gasteiger partial charge on any atom is -0.338 e. The van der Waals surface area contributed by atoms with Crippen molar-refractivity contribution in [2.75, 3.05) is 12.3 Å². The Hall–Kier alpha value is -0.910. The SMILES string of the molecule is CCCCNC(=O)NC(=O)CSc1cc(Cl)ccc1Cl. The highest BCUT2D eigenvalue weighted by molar-refractivity contribution is 8.00. The lowest BCUT2D eigenvalue weighted by Gasteiger charge is -2.07. The van der Waals surface area contributed by atoms with Crippen LogP contribution in [0.4, 0.5) is 4.79 Å². The summed E-state index contributed by atoms with van der Waals surface area (Å²) in [6.45, 7) is 2.58. The number of nitrogens with one attached hydrogen (secondary N) is 2. The molecule has 0 fully saturated rings. The van der Waals surface area contributed by atoms with Crippen molar-refractivity contribution in [3.8, 4) is 0 Å². The maximum atomic E-state index is 11.6. The number of rotatable bonds is 6. The normalized spacial score (nSPS) is 10.2. The first-order valence-corrected chi connectivity index (χ1v) is 7.92. The molecule has 2 N–H and O–H groups in total. The molecule has 0 aromatic heterocycles. The highest BCUT2D eigenvalue weighted by Gasteiger charge is 2.09. The number of hydrogen-bond acceptors (Lipinski definition) is 3. The second kappa shape index (κ2) is 9.10. The van der Waals surface area contributed by atoms with Crippen molar-refractivity contribution in [1.82, 2.24) is 10.6 Å². The highest BCUT2D eigenvalue weighted by Crippen LogP contribution is 2.29. The van der Waals surface area contributed by atoms with Crippen LogP contribution in [0.1, 0.15) is 19.8 Å². The van der Waals surface area contributed by atoms with E-state index in [0.717, 1.165) is 12.8 Å². The van der Waals surface area contributed by atoms with Crippen LogP contribution in [0, 0.1) is 0 Å². The molecule has 4 nitrogen and oxygen atoms in total. The van der Waals surface area contributed by atoms with Crippen molar-refractivity contribution in [2.24, 2.45) is 0 Å². The molecule has 0 aliphatic rings. The number of halogens is 2. The molecule has 0 saturated carbocycles. The molecule has 3 amide bonds. The Labute approximate surface area is 132 Å². The van der Waals surface area contributed by atoms with Crippen LogP contribution in [0.25, 0.3) is 0 Å². The Balaban J connectivity index is 2.36. The summed E-state index contributed by atoms with van der Waals surface area (Å²) in [5, 5.41) is 5.94. The van der Waals surface area contributed by atoms with Crippen LogP contribution in [0.2, 0.25) is 10.0 Å². The quantitative estimate of drug-likeness (QED) is 0.615. The molecule has 20 heavy (non-hydrogen) atoms. The van der Waals surface area contributed by atoms with Gasteiger partial charge in [-0.25, -0.2) is 4.79 Å². The van der Waals surface area contributed by atoms with E-state index in [2.05, 4.69) is 10.6 Å². The van der Waals surface area contributed by atoms with E-state index >= 15 is 0 Å². The summed E-state index contributed by atoms with van der Waals surface area (Å²) in [6.07, 6.45) is 1.87. The molecule has 1 aromatic carbocycles. The van der Waals surface area contributed by atoms with E-state index in [9.17, 15) is 9.59 Å².